The Morgan fingerprint density at radius 2 is 1.90 bits per heavy atom. The van der Waals surface area contributed by atoms with Gasteiger partial charge in [-0.05, 0) is 60.6 Å². The van der Waals surface area contributed by atoms with E-state index in [0.29, 0.717) is 17.3 Å². The van der Waals surface area contributed by atoms with E-state index in [4.69, 9.17) is 0 Å². The number of hydrogen-bond acceptors (Lipinski definition) is 1. The first-order chi connectivity index (χ1) is 9.95. The molecule has 3 rings (SSSR count). The van der Waals surface area contributed by atoms with Gasteiger partial charge in [-0.15, -0.1) is 0 Å². The summed E-state index contributed by atoms with van der Waals surface area (Å²) in [5, 5.41) is 3.51. The summed E-state index contributed by atoms with van der Waals surface area (Å²) in [6, 6.07) is 7.41. The zero-order chi connectivity index (χ0) is 15.1. The molecule has 2 fully saturated rings. The van der Waals surface area contributed by atoms with Crippen LogP contribution in [0.25, 0.3) is 0 Å². The molecule has 0 amide bonds. The molecule has 3 unspecified atom stereocenters. The van der Waals surface area contributed by atoms with Crippen LogP contribution in [-0.2, 0) is 0 Å². The highest BCUT2D eigenvalue weighted by atomic mass is 19.1. The lowest BCUT2D eigenvalue weighted by Crippen LogP contribution is -2.50. The van der Waals surface area contributed by atoms with Crippen LogP contribution in [0.2, 0.25) is 0 Å². The molecule has 0 aromatic heterocycles. The second-order valence-corrected chi connectivity index (χ2v) is 8.03. The average Bonchev–Trinajstić information content (AvgIpc) is 2.44. The molecule has 0 bridgehead atoms. The van der Waals surface area contributed by atoms with Crippen LogP contribution in [0.15, 0.2) is 24.3 Å². The summed E-state index contributed by atoms with van der Waals surface area (Å²) in [6.07, 6.45) is 4.95. The van der Waals surface area contributed by atoms with E-state index in [0.717, 1.165) is 18.7 Å². The Hall–Kier alpha value is -0.890. The topological polar surface area (TPSA) is 12.0 Å². The third-order valence-corrected chi connectivity index (χ3v) is 6.20. The Balaban J connectivity index is 1.97. The lowest BCUT2D eigenvalue weighted by molar-refractivity contribution is -0.00789. The highest BCUT2D eigenvalue weighted by Crippen LogP contribution is 2.58. The van der Waals surface area contributed by atoms with Crippen LogP contribution in [0.4, 0.5) is 4.39 Å². The summed E-state index contributed by atoms with van der Waals surface area (Å²) in [7, 11) is 0. The molecule has 1 heterocycles. The minimum Gasteiger partial charge on any atom is -0.316 e. The second kappa shape index (κ2) is 5.39. The third kappa shape index (κ3) is 2.63. The first kappa shape index (κ1) is 15.0. The van der Waals surface area contributed by atoms with E-state index in [1.165, 1.54) is 25.7 Å². The minimum atomic E-state index is -0.0254. The molecular weight excluding hydrogens is 261 g/mol. The van der Waals surface area contributed by atoms with Gasteiger partial charge in [-0.2, -0.15) is 0 Å². The predicted octanol–water partition coefficient (Wildman–Crippen LogP) is 4.74. The fourth-order valence-corrected chi connectivity index (χ4v) is 4.96. The van der Waals surface area contributed by atoms with Gasteiger partial charge in [0.25, 0.3) is 0 Å². The van der Waals surface area contributed by atoms with E-state index in [1.54, 1.807) is 12.1 Å². The molecule has 1 nitrogen and oxygen atoms in total. The van der Waals surface area contributed by atoms with Crippen molar-refractivity contribution in [1.29, 1.82) is 0 Å². The van der Waals surface area contributed by atoms with Crippen molar-refractivity contribution in [1.82, 2.24) is 5.32 Å². The van der Waals surface area contributed by atoms with Crippen LogP contribution in [0.5, 0.6) is 0 Å². The average molecular weight is 289 g/mol. The largest absolute Gasteiger partial charge is 0.316 e. The second-order valence-electron chi connectivity index (χ2n) is 8.03. The summed E-state index contributed by atoms with van der Waals surface area (Å²) >= 11 is 0. The Bertz CT molecular complexity index is 510. The summed E-state index contributed by atoms with van der Waals surface area (Å²) in [5.74, 6) is 0.953. The fourth-order valence-electron chi connectivity index (χ4n) is 4.96. The van der Waals surface area contributed by atoms with E-state index in [-0.39, 0.29) is 11.2 Å². The normalized spacial score (nSPS) is 35.8. The van der Waals surface area contributed by atoms with E-state index in [1.807, 2.05) is 12.1 Å². The molecule has 1 aromatic rings. The van der Waals surface area contributed by atoms with E-state index >= 15 is 0 Å². The van der Waals surface area contributed by atoms with Gasteiger partial charge in [-0.3, -0.25) is 0 Å². The number of hydrogen-bond donors (Lipinski definition) is 1. The van der Waals surface area contributed by atoms with Crippen LogP contribution >= 0.6 is 0 Å². The Kier molecular flexibility index (Phi) is 3.85. The quantitative estimate of drug-likeness (QED) is 0.787. The molecule has 1 saturated carbocycles. The summed E-state index contributed by atoms with van der Waals surface area (Å²) in [5.41, 5.74) is 1.65. The zero-order valence-corrected chi connectivity index (χ0v) is 13.6. The molecular formula is C19H28FN. The Labute approximate surface area is 128 Å². The maximum atomic E-state index is 14.4. The molecule has 2 heteroatoms. The van der Waals surface area contributed by atoms with Gasteiger partial charge in [0.05, 0.1) is 0 Å². The van der Waals surface area contributed by atoms with Crippen molar-refractivity contribution in [3.63, 3.8) is 0 Å². The van der Waals surface area contributed by atoms with Crippen molar-refractivity contribution in [2.24, 2.45) is 16.7 Å². The first-order valence-corrected chi connectivity index (χ1v) is 8.40. The predicted molar refractivity (Wildman–Crippen MR) is 85.9 cm³/mol. The van der Waals surface area contributed by atoms with Crippen LogP contribution in [0.3, 0.4) is 0 Å². The maximum Gasteiger partial charge on any atom is 0.126 e. The monoisotopic (exact) mass is 289 g/mol. The number of piperidine rings is 1. The molecule has 0 radical (unpaired) electrons. The van der Waals surface area contributed by atoms with Crippen molar-refractivity contribution in [3.05, 3.63) is 35.6 Å². The standard InChI is InChI=1S/C19H28FN/c1-14-12-18(2,3)8-9-19(14)10-11-21-13-16(19)15-6-4-5-7-17(15)20/h4-7,14,16,21H,8-13H2,1-3H3. The first-order valence-electron chi connectivity index (χ1n) is 8.40. The Morgan fingerprint density at radius 1 is 1.14 bits per heavy atom. The molecule has 116 valence electrons. The molecule has 1 spiro atoms. The lowest BCUT2D eigenvalue weighted by Gasteiger charge is -2.55. The van der Waals surface area contributed by atoms with Gasteiger partial charge >= 0.3 is 0 Å². The van der Waals surface area contributed by atoms with Crippen molar-refractivity contribution in [2.45, 2.75) is 52.4 Å². The SMILES string of the molecule is CC1CC(C)(C)CCC12CCNCC2c1ccccc1F. The number of rotatable bonds is 1. The van der Waals surface area contributed by atoms with E-state index < -0.39 is 0 Å². The summed E-state index contributed by atoms with van der Waals surface area (Å²) in [4.78, 5) is 0. The van der Waals surface area contributed by atoms with Gasteiger partial charge in [0.1, 0.15) is 5.82 Å². The van der Waals surface area contributed by atoms with Gasteiger partial charge in [0, 0.05) is 12.5 Å². The van der Waals surface area contributed by atoms with Crippen molar-refractivity contribution in [2.75, 3.05) is 13.1 Å². The van der Waals surface area contributed by atoms with Crippen LogP contribution in [0, 0.1) is 22.6 Å². The smallest absolute Gasteiger partial charge is 0.126 e. The van der Waals surface area contributed by atoms with Crippen molar-refractivity contribution < 1.29 is 4.39 Å². The molecule has 1 N–H and O–H groups in total. The highest BCUT2D eigenvalue weighted by Gasteiger charge is 2.50. The molecule has 1 aliphatic heterocycles. The van der Waals surface area contributed by atoms with Gasteiger partial charge in [0.2, 0.25) is 0 Å². The fraction of sp³-hybridized carbons (Fsp3) is 0.684. The molecule has 1 aliphatic carbocycles. The molecule has 1 saturated heterocycles. The van der Waals surface area contributed by atoms with Gasteiger partial charge < -0.3 is 5.32 Å². The number of benzene rings is 1. The van der Waals surface area contributed by atoms with Gasteiger partial charge in [-0.25, -0.2) is 4.39 Å². The van der Waals surface area contributed by atoms with Crippen molar-refractivity contribution >= 4 is 0 Å². The van der Waals surface area contributed by atoms with Crippen LogP contribution in [-0.4, -0.2) is 13.1 Å². The Morgan fingerprint density at radius 3 is 2.62 bits per heavy atom. The molecule has 21 heavy (non-hydrogen) atoms. The van der Waals surface area contributed by atoms with Crippen LogP contribution < -0.4 is 5.32 Å². The van der Waals surface area contributed by atoms with E-state index in [2.05, 4.69) is 26.1 Å². The highest BCUT2D eigenvalue weighted by molar-refractivity contribution is 5.26. The van der Waals surface area contributed by atoms with Crippen LogP contribution in [0.1, 0.15) is 57.9 Å². The van der Waals surface area contributed by atoms with Crippen molar-refractivity contribution in [3.8, 4) is 0 Å². The lowest BCUT2D eigenvalue weighted by atomic mass is 9.52. The third-order valence-electron chi connectivity index (χ3n) is 6.20. The summed E-state index contributed by atoms with van der Waals surface area (Å²) in [6.45, 7) is 9.17. The molecule has 3 atom stereocenters. The summed E-state index contributed by atoms with van der Waals surface area (Å²) < 4.78 is 14.4. The molecule has 2 aliphatic rings. The number of nitrogens with one attached hydrogen (secondary N) is 1. The van der Waals surface area contributed by atoms with Gasteiger partial charge in [-0.1, -0.05) is 39.0 Å². The van der Waals surface area contributed by atoms with Gasteiger partial charge in [0.15, 0.2) is 0 Å². The zero-order valence-electron chi connectivity index (χ0n) is 13.6. The number of halogens is 1. The molecule has 1 aromatic carbocycles. The minimum absolute atomic E-state index is 0.0254. The van der Waals surface area contributed by atoms with E-state index in [9.17, 15) is 4.39 Å². The maximum absolute atomic E-state index is 14.4.